The van der Waals surface area contributed by atoms with Gasteiger partial charge in [0, 0.05) is 0 Å². The molecule has 0 aliphatic heterocycles. The fourth-order valence-electron chi connectivity index (χ4n) is 2.10. The van der Waals surface area contributed by atoms with Gasteiger partial charge < -0.3 is 0 Å². The summed E-state index contributed by atoms with van der Waals surface area (Å²) in [7, 11) is -1.32. The van der Waals surface area contributed by atoms with Gasteiger partial charge in [0.2, 0.25) is 0 Å². The van der Waals surface area contributed by atoms with Crippen molar-refractivity contribution in [3.05, 3.63) is 66.2 Å². The van der Waals surface area contributed by atoms with Crippen LogP contribution in [0.5, 0.6) is 0 Å². The first-order chi connectivity index (χ1) is 7.68. The maximum absolute atomic E-state index is 2.44. The monoisotopic (exact) mass is 230 g/mol. The predicted octanol–water partition coefficient (Wildman–Crippen LogP) is 3.52. The Hall–Kier alpha value is -1.13. The first-order valence-electron chi connectivity index (χ1n) is 5.78. The van der Waals surface area contributed by atoms with Gasteiger partial charge in [0.25, 0.3) is 0 Å². The fourth-order valence-corrected chi connectivity index (χ4v) is 4.65. The summed E-state index contributed by atoms with van der Waals surface area (Å²) in [4.78, 5) is 0. The molecule has 0 saturated carbocycles. The Morgan fingerprint density at radius 3 is 1.81 bits per heavy atom. The van der Waals surface area contributed by atoms with Crippen molar-refractivity contribution in [3.8, 4) is 0 Å². The third-order valence-corrected chi connectivity index (χ3v) is 6.23. The Balaban J connectivity index is 2.21. The van der Waals surface area contributed by atoms with E-state index in [1.54, 1.807) is 5.30 Å². The Morgan fingerprint density at radius 2 is 1.25 bits per heavy atom. The SMILES string of the molecule is C[PH](C)(Cc1ccccc1)c1ccccc1. The number of hydrogen-bond acceptors (Lipinski definition) is 0. The quantitative estimate of drug-likeness (QED) is 0.708. The van der Waals surface area contributed by atoms with E-state index >= 15 is 0 Å². The van der Waals surface area contributed by atoms with Crippen LogP contribution in [-0.2, 0) is 6.16 Å². The van der Waals surface area contributed by atoms with Gasteiger partial charge >= 0.3 is 98.3 Å². The molecule has 2 aromatic rings. The van der Waals surface area contributed by atoms with E-state index in [0.717, 1.165) is 0 Å². The number of rotatable bonds is 3. The van der Waals surface area contributed by atoms with E-state index in [4.69, 9.17) is 0 Å². The summed E-state index contributed by atoms with van der Waals surface area (Å²) in [5, 5.41) is 1.54. The minimum atomic E-state index is -1.32. The molecule has 0 heterocycles. The number of benzene rings is 2. The van der Waals surface area contributed by atoms with E-state index in [9.17, 15) is 0 Å². The average molecular weight is 230 g/mol. The van der Waals surface area contributed by atoms with Crippen LogP contribution in [0.15, 0.2) is 60.7 Å². The van der Waals surface area contributed by atoms with Crippen LogP contribution in [0.2, 0.25) is 0 Å². The van der Waals surface area contributed by atoms with Gasteiger partial charge in [-0.1, -0.05) is 0 Å². The van der Waals surface area contributed by atoms with Crippen LogP contribution < -0.4 is 5.30 Å². The molecule has 0 saturated heterocycles. The predicted molar refractivity (Wildman–Crippen MR) is 76.4 cm³/mol. The van der Waals surface area contributed by atoms with Crippen molar-refractivity contribution in [1.82, 2.24) is 0 Å². The summed E-state index contributed by atoms with van der Waals surface area (Å²) in [6.45, 7) is 4.88. The average Bonchev–Trinajstić information content (AvgIpc) is 2.31. The molecule has 0 fully saturated rings. The Kier molecular flexibility index (Phi) is 3.41. The fraction of sp³-hybridized carbons (Fsp3) is 0.200. The van der Waals surface area contributed by atoms with Gasteiger partial charge in [0.15, 0.2) is 0 Å². The van der Waals surface area contributed by atoms with E-state index in [-0.39, 0.29) is 0 Å². The minimum absolute atomic E-state index is 1.22. The molecular weight excluding hydrogens is 211 g/mol. The van der Waals surface area contributed by atoms with Gasteiger partial charge in [-0.15, -0.1) is 0 Å². The van der Waals surface area contributed by atoms with Crippen LogP contribution in [0.1, 0.15) is 5.56 Å². The topological polar surface area (TPSA) is 0 Å². The molecule has 84 valence electrons. The van der Waals surface area contributed by atoms with Gasteiger partial charge in [-0.25, -0.2) is 0 Å². The molecule has 0 atom stereocenters. The van der Waals surface area contributed by atoms with E-state index < -0.39 is 7.26 Å². The molecule has 0 aliphatic carbocycles. The van der Waals surface area contributed by atoms with Crippen molar-refractivity contribution in [2.75, 3.05) is 13.3 Å². The molecule has 1 heteroatoms. The summed E-state index contributed by atoms with van der Waals surface area (Å²) < 4.78 is 0. The second-order valence-corrected chi connectivity index (χ2v) is 9.61. The normalized spacial score (nSPS) is 12.4. The molecule has 16 heavy (non-hydrogen) atoms. The molecule has 0 unspecified atom stereocenters. The first kappa shape index (κ1) is 11.4. The van der Waals surface area contributed by atoms with Crippen LogP contribution >= 0.6 is 7.26 Å². The zero-order valence-electron chi connectivity index (χ0n) is 9.98. The van der Waals surface area contributed by atoms with E-state index in [1.165, 1.54) is 11.7 Å². The van der Waals surface area contributed by atoms with Crippen molar-refractivity contribution in [2.45, 2.75) is 6.16 Å². The van der Waals surface area contributed by atoms with Crippen molar-refractivity contribution in [1.29, 1.82) is 0 Å². The maximum atomic E-state index is 2.44. The summed E-state index contributed by atoms with van der Waals surface area (Å²) in [6.07, 6.45) is 1.22. The number of hydrogen-bond donors (Lipinski definition) is 0. The van der Waals surface area contributed by atoms with Gasteiger partial charge in [0.1, 0.15) is 0 Å². The van der Waals surface area contributed by atoms with Gasteiger partial charge in [0.05, 0.1) is 0 Å². The second-order valence-electron chi connectivity index (χ2n) is 4.91. The van der Waals surface area contributed by atoms with Gasteiger partial charge in [-0.3, -0.25) is 0 Å². The molecule has 0 nitrogen and oxygen atoms in total. The van der Waals surface area contributed by atoms with Crippen LogP contribution in [0.25, 0.3) is 0 Å². The Labute approximate surface area is 98.7 Å². The zero-order valence-corrected chi connectivity index (χ0v) is 11.0. The molecule has 0 aromatic heterocycles. The van der Waals surface area contributed by atoms with Gasteiger partial charge in [-0.05, 0) is 0 Å². The molecule has 0 amide bonds. The first-order valence-corrected chi connectivity index (χ1v) is 8.99. The molecule has 2 rings (SSSR count). The van der Waals surface area contributed by atoms with Crippen molar-refractivity contribution in [3.63, 3.8) is 0 Å². The second kappa shape index (κ2) is 4.80. The van der Waals surface area contributed by atoms with Crippen LogP contribution in [-0.4, -0.2) is 13.3 Å². The van der Waals surface area contributed by atoms with E-state index in [0.29, 0.717) is 0 Å². The summed E-state index contributed by atoms with van der Waals surface area (Å²) in [5.74, 6) is 0. The Bertz CT molecular complexity index is 432. The van der Waals surface area contributed by atoms with E-state index in [1.807, 2.05) is 0 Å². The van der Waals surface area contributed by atoms with Crippen LogP contribution in [0.3, 0.4) is 0 Å². The molecule has 2 aromatic carbocycles. The summed E-state index contributed by atoms with van der Waals surface area (Å²) in [5.41, 5.74) is 1.46. The summed E-state index contributed by atoms with van der Waals surface area (Å²) in [6, 6.07) is 21.7. The van der Waals surface area contributed by atoms with Crippen molar-refractivity contribution < 1.29 is 0 Å². The van der Waals surface area contributed by atoms with Gasteiger partial charge in [-0.2, -0.15) is 0 Å². The zero-order chi connectivity index (χ0) is 11.4. The van der Waals surface area contributed by atoms with Crippen molar-refractivity contribution >= 4 is 12.6 Å². The Morgan fingerprint density at radius 1 is 0.750 bits per heavy atom. The van der Waals surface area contributed by atoms with Crippen LogP contribution in [0, 0.1) is 0 Å². The third-order valence-electron chi connectivity index (χ3n) is 3.04. The molecule has 0 spiro atoms. The van der Waals surface area contributed by atoms with Crippen LogP contribution in [0.4, 0.5) is 0 Å². The third kappa shape index (κ3) is 2.71. The molecule has 0 bridgehead atoms. The molecular formula is C15H19P. The van der Waals surface area contributed by atoms with E-state index in [2.05, 4.69) is 74.0 Å². The van der Waals surface area contributed by atoms with Crippen molar-refractivity contribution in [2.24, 2.45) is 0 Å². The summed E-state index contributed by atoms with van der Waals surface area (Å²) >= 11 is 0. The standard InChI is InChI=1S/C15H19P/c1-16(2,15-11-7-4-8-12-15)13-14-9-5-3-6-10-14/h3-12,16H,13H2,1-2H3. The molecule has 0 N–H and O–H groups in total. The molecule has 0 radical (unpaired) electrons. The molecule has 0 aliphatic rings.